The quantitative estimate of drug-likeness (QED) is 0.859. The molecule has 19 heavy (non-hydrogen) atoms. The zero-order valence-corrected chi connectivity index (χ0v) is 12.7. The van der Waals surface area contributed by atoms with Crippen LogP contribution in [0.4, 0.5) is 0 Å². The van der Waals surface area contributed by atoms with E-state index < -0.39 is 0 Å². The summed E-state index contributed by atoms with van der Waals surface area (Å²) < 4.78 is 1.06. The number of thiophene rings is 1. The maximum atomic E-state index is 12.2. The second-order valence-corrected chi connectivity index (χ2v) is 6.60. The monoisotopic (exact) mass is 334 g/mol. The fourth-order valence-electron chi connectivity index (χ4n) is 1.65. The second kappa shape index (κ2) is 6.00. The molecule has 1 amide bonds. The molecule has 3 nitrogen and oxygen atoms in total. The molecule has 0 spiro atoms. The van der Waals surface area contributed by atoms with Gasteiger partial charge in [-0.2, -0.15) is 5.26 Å². The molecule has 1 heterocycles. The summed E-state index contributed by atoms with van der Waals surface area (Å²) in [4.78, 5) is 15.0. The van der Waals surface area contributed by atoms with Crippen LogP contribution >= 0.6 is 27.3 Å². The summed E-state index contributed by atoms with van der Waals surface area (Å²) >= 11 is 5.02. The lowest BCUT2D eigenvalue weighted by molar-refractivity contribution is 0.0786. The molecule has 0 bridgehead atoms. The number of hydrogen-bond donors (Lipinski definition) is 0. The van der Waals surface area contributed by atoms with E-state index in [1.165, 1.54) is 0 Å². The number of rotatable bonds is 3. The Labute approximate surface area is 124 Å². The van der Waals surface area contributed by atoms with Crippen molar-refractivity contribution in [3.05, 3.63) is 56.2 Å². The molecule has 1 aromatic heterocycles. The predicted octanol–water partition coefficient (Wildman–Crippen LogP) is 3.65. The van der Waals surface area contributed by atoms with E-state index in [0.29, 0.717) is 17.7 Å². The van der Waals surface area contributed by atoms with Gasteiger partial charge in [0.15, 0.2) is 0 Å². The first-order chi connectivity index (χ1) is 9.10. The van der Waals surface area contributed by atoms with Gasteiger partial charge in [0.25, 0.3) is 5.91 Å². The molecule has 0 unspecified atom stereocenters. The van der Waals surface area contributed by atoms with Crippen LogP contribution in [0.15, 0.2) is 40.2 Å². The van der Waals surface area contributed by atoms with Gasteiger partial charge in [0.2, 0.25) is 0 Å². The lowest BCUT2D eigenvalue weighted by Crippen LogP contribution is -2.25. The Hall–Kier alpha value is -1.64. The lowest BCUT2D eigenvalue weighted by Gasteiger charge is -2.16. The summed E-state index contributed by atoms with van der Waals surface area (Å²) in [7, 11) is 1.77. The Morgan fingerprint density at radius 2 is 2.00 bits per heavy atom. The molecule has 2 aromatic rings. The first kappa shape index (κ1) is 13.8. The van der Waals surface area contributed by atoms with E-state index >= 15 is 0 Å². The highest BCUT2D eigenvalue weighted by molar-refractivity contribution is 9.11. The standard InChI is InChI=1S/C14H11BrN2OS/c1-17(9-12-6-7-13(15)19-12)14(18)11-4-2-10(8-16)3-5-11/h2-7H,9H2,1H3. The zero-order valence-electron chi connectivity index (χ0n) is 10.3. The molecular formula is C14H11BrN2OS. The van der Waals surface area contributed by atoms with Crippen LogP contribution in [0.2, 0.25) is 0 Å². The Kier molecular flexibility index (Phi) is 4.35. The SMILES string of the molecule is CN(Cc1ccc(Br)s1)C(=O)c1ccc(C#N)cc1. The van der Waals surface area contributed by atoms with Gasteiger partial charge in [0.05, 0.1) is 22.0 Å². The third kappa shape index (κ3) is 3.43. The highest BCUT2D eigenvalue weighted by Crippen LogP contribution is 2.23. The van der Waals surface area contributed by atoms with Gasteiger partial charge < -0.3 is 4.90 Å². The van der Waals surface area contributed by atoms with Gasteiger partial charge in [0.1, 0.15) is 0 Å². The summed E-state index contributed by atoms with van der Waals surface area (Å²) in [5.41, 5.74) is 1.15. The van der Waals surface area contributed by atoms with E-state index in [1.807, 2.05) is 18.2 Å². The highest BCUT2D eigenvalue weighted by Gasteiger charge is 2.12. The fourth-order valence-corrected chi connectivity index (χ4v) is 3.19. The molecular weight excluding hydrogens is 324 g/mol. The summed E-state index contributed by atoms with van der Waals surface area (Å²) in [6.45, 7) is 0.578. The van der Waals surface area contributed by atoms with E-state index in [-0.39, 0.29) is 5.91 Å². The first-order valence-corrected chi connectivity index (χ1v) is 7.21. The summed E-state index contributed by atoms with van der Waals surface area (Å²) in [5, 5.41) is 8.73. The number of carbonyl (C=O) groups is 1. The molecule has 0 fully saturated rings. The molecule has 96 valence electrons. The number of nitriles is 1. The van der Waals surface area contributed by atoms with Crippen molar-refractivity contribution in [1.82, 2.24) is 4.90 Å². The van der Waals surface area contributed by atoms with Crippen molar-refractivity contribution >= 4 is 33.2 Å². The van der Waals surface area contributed by atoms with Crippen LogP contribution in [-0.2, 0) is 6.54 Å². The number of amides is 1. The average Bonchev–Trinajstić information content (AvgIpc) is 2.83. The number of hydrogen-bond acceptors (Lipinski definition) is 3. The van der Waals surface area contributed by atoms with Gasteiger partial charge in [-0.3, -0.25) is 4.79 Å². The third-order valence-electron chi connectivity index (χ3n) is 2.63. The number of carbonyl (C=O) groups excluding carboxylic acids is 1. The minimum Gasteiger partial charge on any atom is -0.337 e. The maximum Gasteiger partial charge on any atom is 0.253 e. The van der Waals surface area contributed by atoms with Crippen LogP contribution in [0.25, 0.3) is 0 Å². The first-order valence-electron chi connectivity index (χ1n) is 5.60. The fraction of sp³-hybridized carbons (Fsp3) is 0.143. The minimum atomic E-state index is -0.0472. The molecule has 0 N–H and O–H groups in total. The lowest BCUT2D eigenvalue weighted by atomic mass is 10.1. The molecule has 0 aliphatic heterocycles. The summed E-state index contributed by atoms with van der Waals surface area (Å²) in [5.74, 6) is -0.0472. The van der Waals surface area contributed by atoms with Gasteiger partial charge in [-0.15, -0.1) is 11.3 Å². The van der Waals surface area contributed by atoms with Gasteiger partial charge in [-0.05, 0) is 52.3 Å². The maximum absolute atomic E-state index is 12.2. The third-order valence-corrected chi connectivity index (χ3v) is 4.24. The predicted molar refractivity (Wildman–Crippen MR) is 79.0 cm³/mol. The molecule has 2 rings (SSSR count). The van der Waals surface area contributed by atoms with Crippen LogP contribution in [0.1, 0.15) is 20.8 Å². The van der Waals surface area contributed by atoms with Crippen LogP contribution < -0.4 is 0 Å². The van der Waals surface area contributed by atoms with Crippen LogP contribution in [0.5, 0.6) is 0 Å². The van der Waals surface area contributed by atoms with E-state index in [4.69, 9.17) is 5.26 Å². The number of benzene rings is 1. The number of nitrogens with zero attached hydrogens (tertiary/aromatic N) is 2. The van der Waals surface area contributed by atoms with Crippen LogP contribution in [-0.4, -0.2) is 17.9 Å². The van der Waals surface area contributed by atoms with Gasteiger partial charge >= 0.3 is 0 Å². The van der Waals surface area contributed by atoms with E-state index in [2.05, 4.69) is 15.9 Å². The molecule has 0 saturated heterocycles. The molecule has 0 radical (unpaired) electrons. The van der Waals surface area contributed by atoms with Crippen molar-refractivity contribution in [3.63, 3.8) is 0 Å². The summed E-state index contributed by atoms with van der Waals surface area (Å²) in [6.07, 6.45) is 0. The topological polar surface area (TPSA) is 44.1 Å². The zero-order chi connectivity index (χ0) is 13.8. The van der Waals surface area contributed by atoms with Gasteiger partial charge in [0, 0.05) is 17.5 Å². The summed E-state index contributed by atoms with van der Waals surface area (Å²) in [6, 6.07) is 12.7. The van der Waals surface area contributed by atoms with E-state index in [0.717, 1.165) is 8.66 Å². The molecule has 0 aliphatic carbocycles. The van der Waals surface area contributed by atoms with Crippen molar-refractivity contribution < 1.29 is 4.79 Å². The molecule has 0 saturated carbocycles. The molecule has 1 aromatic carbocycles. The Bertz CT molecular complexity index is 628. The van der Waals surface area contributed by atoms with Crippen molar-refractivity contribution in [2.24, 2.45) is 0 Å². The van der Waals surface area contributed by atoms with Gasteiger partial charge in [-0.25, -0.2) is 0 Å². The number of halogens is 1. The normalized spacial score (nSPS) is 9.95. The van der Waals surface area contributed by atoms with Crippen LogP contribution in [0, 0.1) is 11.3 Å². The Morgan fingerprint density at radius 3 is 2.53 bits per heavy atom. The average molecular weight is 335 g/mol. The molecule has 0 aliphatic rings. The van der Waals surface area contributed by atoms with Gasteiger partial charge in [-0.1, -0.05) is 0 Å². The smallest absolute Gasteiger partial charge is 0.253 e. The largest absolute Gasteiger partial charge is 0.337 e. The van der Waals surface area contributed by atoms with E-state index in [9.17, 15) is 4.79 Å². The Morgan fingerprint density at radius 1 is 1.32 bits per heavy atom. The van der Waals surface area contributed by atoms with Crippen LogP contribution in [0.3, 0.4) is 0 Å². The molecule has 0 atom stereocenters. The van der Waals surface area contributed by atoms with Crippen molar-refractivity contribution in [1.29, 1.82) is 5.26 Å². The minimum absolute atomic E-state index is 0.0472. The van der Waals surface area contributed by atoms with Crippen molar-refractivity contribution in [2.75, 3.05) is 7.05 Å². The Balaban J connectivity index is 2.08. The van der Waals surface area contributed by atoms with E-state index in [1.54, 1.807) is 47.5 Å². The van der Waals surface area contributed by atoms with Crippen molar-refractivity contribution in [2.45, 2.75) is 6.54 Å². The molecule has 5 heteroatoms. The second-order valence-electron chi connectivity index (χ2n) is 4.06. The highest BCUT2D eigenvalue weighted by atomic mass is 79.9. The van der Waals surface area contributed by atoms with Crippen molar-refractivity contribution in [3.8, 4) is 6.07 Å².